The maximum Gasteiger partial charge on any atom is 0.387 e. The van der Waals surface area contributed by atoms with Crippen molar-refractivity contribution in [2.24, 2.45) is 0 Å². The molecule has 0 unspecified atom stereocenters. The summed E-state index contributed by atoms with van der Waals surface area (Å²) in [7, 11) is -3.01. The van der Waals surface area contributed by atoms with Crippen molar-refractivity contribution < 1.29 is 49.6 Å². The molecular weight excluding hydrogens is 993 g/mol. The minimum Gasteiger partial charge on any atom is -0.435 e. The van der Waals surface area contributed by atoms with Gasteiger partial charge in [-0.15, -0.1) is 0 Å². The van der Waals surface area contributed by atoms with E-state index in [1.165, 1.54) is 12.1 Å². The maximum atomic E-state index is 13.0. The molecule has 17 nitrogen and oxygen atoms in total. The van der Waals surface area contributed by atoms with Gasteiger partial charge in [0.15, 0.2) is 32.9 Å². The number of nitrogens with zero attached hydrogens (tertiary/aromatic N) is 10. The number of pyridine rings is 2. The first kappa shape index (κ1) is 47.8. The topological polar surface area (TPSA) is 200 Å². The Morgan fingerprint density at radius 2 is 0.986 bits per heavy atom. The Bertz CT molecular complexity index is 3510. The van der Waals surface area contributed by atoms with Crippen molar-refractivity contribution in [2.75, 3.05) is 59.0 Å². The molecule has 2 atom stereocenters. The third-order valence-electron chi connectivity index (χ3n) is 13.3. The van der Waals surface area contributed by atoms with Crippen LogP contribution in [0.5, 0.6) is 11.5 Å². The summed E-state index contributed by atoms with van der Waals surface area (Å²) in [5, 5.41) is 0. The van der Waals surface area contributed by atoms with Crippen LogP contribution in [0.25, 0.3) is 33.5 Å². The van der Waals surface area contributed by atoms with Gasteiger partial charge in [0, 0.05) is 108 Å². The third-order valence-corrected chi connectivity index (χ3v) is 16.3. The summed E-state index contributed by atoms with van der Waals surface area (Å²) in [6, 6.07) is 20.4. The van der Waals surface area contributed by atoms with Crippen LogP contribution in [0.15, 0.2) is 110 Å². The van der Waals surface area contributed by atoms with E-state index in [-0.39, 0.29) is 47.4 Å². The number of ketones is 2. The monoisotopic (exact) mass is 1040 g/mol. The molecule has 2 aliphatic carbocycles. The lowest BCUT2D eigenvalue weighted by atomic mass is 9.95. The number of aromatic nitrogens is 8. The number of fused-ring (bicyclic) bond motifs is 6. The summed E-state index contributed by atoms with van der Waals surface area (Å²) in [4.78, 5) is 56.5. The normalized spacial score (nSPS) is 18.6. The molecule has 0 amide bonds. The smallest absolute Gasteiger partial charge is 0.387 e. The fourth-order valence-corrected chi connectivity index (χ4v) is 12.1. The summed E-state index contributed by atoms with van der Waals surface area (Å²) < 4.78 is 98.4. The predicted octanol–water partition coefficient (Wildman–Crippen LogP) is 7.37. The zero-order valence-corrected chi connectivity index (χ0v) is 40.1. The fraction of sp³-hybridized carbons (Fsp3) is 0.280. The van der Waals surface area contributed by atoms with E-state index >= 15 is 0 Å². The molecule has 4 aliphatic rings. The number of hydrogen-bond donors (Lipinski definition) is 1. The van der Waals surface area contributed by atoms with Gasteiger partial charge in [0.1, 0.15) is 45.4 Å². The Hall–Kier alpha value is -7.50. The number of sulfone groups is 1. The molecule has 2 aliphatic heterocycles. The van der Waals surface area contributed by atoms with Crippen molar-refractivity contribution in [3.63, 3.8) is 0 Å². The van der Waals surface area contributed by atoms with Gasteiger partial charge < -0.3 is 28.1 Å². The number of hydrogen-bond acceptors (Lipinski definition) is 15. The van der Waals surface area contributed by atoms with Crippen LogP contribution < -0.4 is 19.3 Å². The van der Waals surface area contributed by atoms with Crippen molar-refractivity contribution in [1.82, 2.24) is 38.7 Å². The Balaban J connectivity index is 0.000000157. The van der Waals surface area contributed by atoms with Gasteiger partial charge >= 0.3 is 13.2 Å². The highest BCUT2D eigenvalue weighted by molar-refractivity contribution is 7.91. The van der Waals surface area contributed by atoms with E-state index in [9.17, 15) is 40.1 Å². The number of para-hydroxylation sites is 2. The average molecular weight is 1040 g/mol. The molecule has 0 bridgehead atoms. The van der Waals surface area contributed by atoms with E-state index < -0.39 is 46.1 Å². The number of carbonyl (C=O) groups excluding carboxylic acids is 2. The summed E-state index contributed by atoms with van der Waals surface area (Å²) in [6.45, 7) is -3.81. The van der Waals surface area contributed by atoms with E-state index in [4.69, 9.17) is 9.47 Å². The molecular formula is C50H43F4N10O7S2+. The first-order chi connectivity index (χ1) is 35.3. The van der Waals surface area contributed by atoms with Gasteiger partial charge in [0.05, 0.1) is 36.0 Å². The number of ether oxygens (including phenoxy) is 2. The number of benzene rings is 2. The van der Waals surface area contributed by atoms with Crippen molar-refractivity contribution >= 4 is 55.8 Å². The average Bonchev–Trinajstić information content (AvgIpc) is 4.14. The van der Waals surface area contributed by atoms with Crippen LogP contribution in [-0.4, -0.2) is 126 Å². The maximum absolute atomic E-state index is 13.0. The summed E-state index contributed by atoms with van der Waals surface area (Å²) in [6.07, 6.45) is 10.8. The third kappa shape index (κ3) is 9.54. The van der Waals surface area contributed by atoms with Gasteiger partial charge in [-0.05, 0) is 36.4 Å². The molecule has 2 fully saturated rings. The Labute approximate surface area is 417 Å². The second-order valence-electron chi connectivity index (χ2n) is 17.7. The molecule has 2 saturated heterocycles. The van der Waals surface area contributed by atoms with Crippen LogP contribution in [0.2, 0.25) is 0 Å². The van der Waals surface area contributed by atoms with Crippen molar-refractivity contribution in [3.8, 4) is 33.8 Å². The summed E-state index contributed by atoms with van der Waals surface area (Å²) in [5.74, 6) is 1.53. The van der Waals surface area contributed by atoms with Crippen LogP contribution in [0, 0.1) is 0 Å². The largest absolute Gasteiger partial charge is 0.435 e. The molecule has 73 heavy (non-hydrogen) atoms. The molecule has 12 rings (SSSR count). The molecule has 0 saturated carbocycles. The highest BCUT2D eigenvalue weighted by Gasteiger charge is 2.39. The highest BCUT2D eigenvalue weighted by atomic mass is 32.2. The molecule has 23 heteroatoms. The zero-order valence-electron chi connectivity index (χ0n) is 38.5. The molecule has 8 aromatic rings. The van der Waals surface area contributed by atoms with Gasteiger partial charge in [-0.25, -0.2) is 38.3 Å². The second-order valence-corrected chi connectivity index (χ2v) is 21.8. The van der Waals surface area contributed by atoms with Crippen molar-refractivity contribution in [1.29, 1.82) is 0 Å². The molecule has 0 spiro atoms. The van der Waals surface area contributed by atoms with Crippen LogP contribution in [-0.2, 0) is 21.0 Å². The molecule has 374 valence electrons. The number of carbonyl (C=O) groups is 2. The lowest BCUT2D eigenvalue weighted by Gasteiger charge is -2.26. The Morgan fingerprint density at radius 3 is 1.41 bits per heavy atom. The van der Waals surface area contributed by atoms with Crippen molar-refractivity contribution in [2.45, 2.75) is 37.9 Å². The van der Waals surface area contributed by atoms with Crippen LogP contribution in [0.1, 0.15) is 68.2 Å². The number of imidazole rings is 2. The van der Waals surface area contributed by atoms with Gasteiger partial charge in [-0.2, -0.15) is 22.1 Å². The van der Waals surface area contributed by atoms with E-state index in [2.05, 4.69) is 34.8 Å². The van der Waals surface area contributed by atoms with Crippen LogP contribution in [0.3, 0.4) is 0 Å². The minimum absolute atomic E-state index is 0.0313. The number of halogens is 4. The SMILES string of the molecule is O=C1C[C@H](c2ccccc2OC(F)F)c2c1nc1ccc(-c3cnc(N4CCS(=O)(=O)CC4)nc3)cn21.O=C1C[C@H](c2ccccc2OC(F)F)c2c1nc1ccc(-c3cnc(N4CC[S+](O)CC4)nc3)cn21. The lowest BCUT2D eigenvalue weighted by Crippen LogP contribution is -2.41. The molecule has 0 radical (unpaired) electrons. The minimum atomic E-state index is -3.01. The number of Topliss-reactive ketones (excluding diaryl/α,β-unsaturated/α-hetero) is 2. The van der Waals surface area contributed by atoms with E-state index in [1.807, 2.05) is 44.3 Å². The van der Waals surface area contributed by atoms with Gasteiger partial charge in [-0.3, -0.25) is 9.59 Å². The highest BCUT2D eigenvalue weighted by Crippen LogP contribution is 2.44. The molecule has 2 aromatic carbocycles. The Morgan fingerprint density at radius 1 is 0.575 bits per heavy atom. The van der Waals surface area contributed by atoms with Crippen LogP contribution >= 0.6 is 0 Å². The fourth-order valence-electron chi connectivity index (χ4n) is 9.78. The predicted molar refractivity (Wildman–Crippen MR) is 263 cm³/mol. The summed E-state index contributed by atoms with van der Waals surface area (Å²) in [5.41, 5.74) is 7.26. The molecule has 1 N–H and O–H groups in total. The van der Waals surface area contributed by atoms with Gasteiger partial charge in [0.2, 0.25) is 11.9 Å². The van der Waals surface area contributed by atoms with Gasteiger partial charge in [0.25, 0.3) is 0 Å². The van der Waals surface area contributed by atoms with Crippen molar-refractivity contribution in [3.05, 3.63) is 144 Å². The van der Waals surface area contributed by atoms with E-state index in [0.29, 0.717) is 70.2 Å². The quantitative estimate of drug-likeness (QED) is 0.105. The molecule has 8 heterocycles. The van der Waals surface area contributed by atoms with Crippen LogP contribution in [0.4, 0.5) is 29.5 Å². The first-order valence-corrected chi connectivity index (χ1v) is 26.5. The van der Waals surface area contributed by atoms with E-state index in [1.54, 1.807) is 67.3 Å². The molecule has 6 aromatic heterocycles. The lowest BCUT2D eigenvalue weighted by molar-refractivity contribution is -0.0512. The number of alkyl halides is 4. The zero-order chi connectivity index (χ0) is 50.5. The second kappa shape index (κ2) is 19.5. The van der Waals surface area contributed by atoms with Gasteiger partial charge in [-0.1, -0.05) is 36.4 Å². The summed E-state index contributed by atoms with van der Waals surface area (Å²) >= 11 is -0.528. The number of rotatable bonds is 10. The Kier molecular flexibility index (Phi) is 12.8. The number of anilines is 2. The standard InChI is InChI=1S/C25H21F2N5O4S.C25H22F2N5O3S/c26-24(27)36-20-4-2-1-3-17(20)18-11-19(33)22-23(18)32-14-15(5-6-21(32)30-22)16-12-28-25(29-13-16)31-7-9-37(34,35)10-8-31;26-24(27)35-20-4-2-1-3-17(20)18-11-19(33)22-23(18)32-14-15(5-6-21(32)30-22)16-12-28-25(29-13-16)31-7-9-36(34)10-8-31/h1-6,12-14,18,24H,7-11H2;1-6,12-14,18,24,34H,7-11H2/q;+1/t2*18-/m11/s1. The first-order valence-electron chi connectivity index (χ1n) is 23.2. The van der Waals surface area contributed by atoms with E-state index in [0.717, 1.165) is 46.8 Å².